The van der Waals surface area contributed by atoms with Gasteiger partial charge >= 0.3 is 0 Å². The fourth-order valence-corrected chi connectivity index (χ4v) is 9.24. The molecule has 0 N–H and O–H groups in total. The number of hydrogen-bond donors (Lipinski definition) is 0. The number of thioether (sulfide) groups is 2. The molecule has 2 aliphatic rings. The summed E-state index contributed by atoms with van der Waals surface area (Å²) in [5.74, 6) is 5.51. The van der Waals surface area contributed by atoms with Crippen LogP contribution in [0.25, 0.3) is 0 Å². The molecular formula is C8H14S6. The van der Waals surface area contributed by atoms with E-state index in [0.29, 0.717) is 0 Å². The van der Waals surface area contributed by atoms with Crippen molar-refractivity contribution >= 4 is 66.7 Å². The third-order valence-electron chi connectivity index (χ3n) is 1.72. The van der Waals surface area contributed by atoms with E-state index in [1.807, 2.05) is 0 Å². The van der Waals surface area contributed by atoms with Crippen LogP contribution in [0.2, 0.25) is 0 Å². The summed E-state index contributed by atoms with van der Waals surface area (Å²) in [7, 11) is 8.24. The molecule has 2 heterocycles. The van der Waals surface area contributed by atoms with E-state index < -0.39 is 0 Å². The van der Waals surface area contributed by atoms with E-state index in [1.165, 1.54) is 23.0 Å². The topological polar surface area (TPSA) is 0 Å². The maximum absolute atomic E-state index is 2.33. The van der Waals surface area contributed by atoms with Crippen molar-refractivity contribution in [2.45, 2.75) is 22.0 Å². The Morgan fingerprint density at radius 2 is 1.50 bits per heavy atom. The van der Waals surface area contributed by atoms with Gasteiger partial charge in [0.2, 0.25) is 0 Å². The van der Waals surface area contributed by atoms with Gasteiger partial charge in [-0.25, -0.2) is 0 Å². The molecule has 0 bridgehead atoms. The van der Waals surface area contributed by atoms with Crippen molar-refractivity contribution in [1.29, 1.82) is 0 Å². The van der Waals surface area contributed by atoms with Gasteiger partial charge < -0.3 is 0 Å². The van der Waals surface area contributed by atoms with Gasteiger partial charge in [-0.1, -0.05) is 43.2 Å². The SMILES string of the molecule is CC(SSCC1CS1)SSCC1CS1. The monoisotopic (exact) mass is 302 g/mol. The van der Waals surface area contributed by atoms with Crippen LogP contribution in [0.3, 0.4) is 0 Å². The highest BCUT2D eigenvalue weighted by molar-refractivity contribution is 8.85. The molecule has 2 atom stereocenters. The molecular weight excluding hydrogens is 288 g/mol. The third-order valence-corrected chi connectivity index (χ3v) is 10.6. The van der Waals surface area contributed by atoms with Crippen molar-refractivity contribution in [1.82, 2.24) is 0 Å². The van der Waals surface area contributed by atoms with Crippen molar-refractivity contribution in [3.8, 4) is 0 Å². The van der Waals surface area contributed by atoms with Gasteiger partial charge in [-0.3, -0.25) is 0 Å². The molecule has 2 aliphatic heterocycles. The van der Waals surface area contributed by atoms with Crippen LogP contribution in [0.4, 0.5) is 0 Å². The van der Waals surface area contributed by atoms with Gasteiger partial charge in [0.25, 0.3) is 0 Å². The molecule has 0 spiro atoms. The van der Waals surface area contributed by atoms with Crippen LogP contribution in [0, 0.1) is 0 Å². The zero-order valence-corrected chi connectivity index (χ0v) is 12.9. The molecule has 2 fully saturated rings. The van der Waals surface area contributed by atoms with E-state index in [4.69, 9.17) is 0 Å². The molecule has 0 radical (unpaired) electrons. The minimum atomic E-state index is 0.748. The summed E-state index contributed by atoms with van der Waals surface area (Å²) in [6, 6.07) is 0. The van der Waals surface area contributed by atoms with Crippen LogP contribution < -0.4 is 0 Å². The smallest absolute Gasteiger partial charge is 0.0681 e. The van der Waals surface area contributed by atoms with Crippen LogP contribution in [-0.2, 0) is 0 Å². The summed E-state index contributed by atoms with van der Waals surface area (Å²) in [5, 5.41) is 1.97. The van der Waals surface area contributed by atoms with E-state index in [2.05, 4.69) is 73.6 Å². The highest BCUT2D eigenvalue weighted by Crippen LogP contribution is 2.44. The third kappa shape index (κ3) is 5.99. The van der Waals surface area contributed by atoms with Crippen LogP contribution >= 0.6 is 66.7 Å². The molecule has 0 aliphatic carbocycles. The van der Waals surface area contributed by atoms with Crippen LogP contribution in [0.15, 0.2) is 0 Å². The van der Waals surface area contributed by atoms with Gasteiger partial charge in [0.1, 0.15) is 0 Å². The Kier molecular flexibility index (Phi) is 6.05. The van der Waals surface area contributed by atoms with Crippen molar-refractivity contribution in [3.05, 3.63) is 0 Å². The predicted octanol–water partition coefficient (Wildman–Crippen LogP) is 4.33. The lowest BCUT2D eigenvalue weighted by atomic mass is 10.6. The second-order valence-electron chi connectivity index (χ2n) is 3.24. The Morgan fingerprint density at radius 1 is 1.07 bits per heavy atom. The lowest BCUT2D eigenvalue weighted by Gasteiger charge is -2.08. The Balaban J connectivity index is 1.38. The second-order valence-corrected chi connectivity index (χ2v) is 11.7. The average Bonchev–Trinajstić information content (AvgIpc) is 2.99. The molecule has 0 nitrogen and oxygen atoms in total. The molecule has 0 saturated carbocycles. The molecule has 82 valence electrons. The molecule has 2 saturated heterocycles. The summed E-state index contributed by atoms with van der Waals surface area (Å²) < 4.78 is 0.748. The number of rotatable bonds is 8. The zero-order valence-electron chi connectivity index (χ0n) is 8.01. The first kappa shape index (κ1) is 12.6. The summed E-state index contributed by atoms with van der Waals surface area (Å²) in [5.41, 5.74) is 0. The molecule has 2 rings (SSSR count). The van der Waals surface area contributed by atoms with Crippen molar-refractivity contribution in [2.75, 3.05) is 23.0 Å². The van der Waals surface area contributed by atoms with Crippen molar-refractivity contribution in [2.24, 2.45) is 0 Å². The first-order valence-corrected chi connectivity index (χ1v) is 11.5. The van der Waals surface area contributed by atoms with Gasteiger partial charge in [-0.2, -0.15) is 23.5 Å². The highest BCUT2D eigenvalue weighted by atomic mass is 33.1. The van der Waals surface area contributed by atoms with E-state index in [9.17, 15) is 0 Å². The van der Waals surface area contributed by atoms with Crippen molar-refractivity contribution in [3.63, 3.8) is 0 Å². The van der Waals surface area contributed by atoms with Crippen LogP contribution in [0.5, 0.6) is 0 Å². The zero-order chi connectivity index (χ0) is 9.80. The lowest BCUT2D eigenvalue weighted by Crippen LogP contribution is -1.90. The molecule has 14 heavy (non-hydrogen) atoms. The Hall–Kier alpha value is 2.10. The fraction of sp³-hybridized carbons (Fsp3) is 1.00. The molecule has 0 aromatic carbocycles. The molecule has 0 aromatic rings. The first-order valence-electron chi connectivity index (χ1n) is 4.64. The molecule has 6 heteroatoms. The van der Waals surface area contributed by atoms with Crippen LogP contribution in [0.1, 0.15) is 6.92 Å². The minimum absolute atomic E-state index is 0.748. The Bertz CT molecular complexity index is 149. The molecule has 0 amide bonds. The fourth-order valence-electron chi connectivity index (χ4n) is 0.767. The van der Waals surface area contributed by atoms with E-state index in [1.54, 1.807) is 0 Å². The Morgan fingerprint density at radius 3 is 1.86 bits per heavy atom. The summed E-state index contributed by atoms with van der Waals surface area (Å²) in [4.78, 5) is 0. The standard InChI is InChI=1S/C8H14S6/c1-6(13-11-4-7-2-9-7)14-12-5-8-3-10-8/h6-8H,2-5H2,1H3. The minimum Gasteiger partial charge on any atom is -0.156 e. The van der Waals surface area contributed by atoms with Crippen molar-refractivity contribution < 1.29 is 0 Å². The highest BCUT2D eigenvalue weighted by Gasteiger charge is 2.23. The quantitative estimate of drug-likeness (QED) is 0.369. The normalized spacial score (nSPS) is 31.5. The lowest BCUT2D eigenvalue weighted by molar-refractivity contribution is 1.27. The van der Waals surface area contributed by atoms with Gasteiger partial charge in [0, 0.05) is 33.5 Å². The maximum Gasteiger partial charge on any atom is 0.0681 e. The summed E-state index contributed by atoms with van der Waals surface area (Å²) in [6.45, 7) is 2.33. The predicted molar refractivity (Wildman–Crippen MR) is 82.1 cm³/mol. The average molecular weight is 303 g/mol. The number of hydrogen-bond acceptors (Lipinski definition) is 6. The van der Waals surface area contributed by atoms with Gasteiger partial charge in [0.05, 0.1) is 4.58 Å². The van der Waals surface area contributed by atoms with Gasteiger partial charge in [0.15, 0.2) is 0 Å². The van der Waals surface area contributed by atoms with E-state index >= 15 is 0 Å². The first-order chi connectivity index (χ1) is 6.84. The molecule has 0 aromatic heterocycles. The summed E-state index contributed by atoms with van der Waals surface area (Å²) >= 11 is 4.20. The second kappa shape index (κ2) is 6.74. The van der Waals surface area contributed by atoms with E-state index in [-0.39, 0.29) is 0 Å². The van der Waals surface area contributed by atoms with Crippen LogP contribution in [-0.4, -0.2) is 38.1 Å². The van der Waals surface area contributed by atoms with E-state index in [0.717, 1.165) is 15.1 Å². The molecule has 2 unspecified atom stereocenters. The Labute approximate surface area is 111 Å². The summed E-state index contributed by atoms with van der Waals surface area (Å²) in [6.07, 6.45) is 0. The van der Waals surface area contributed by atoms with Gasteiger partial charge in [-0.15, -0.1) is 0 Å². The van der Waals surface area contributed by atoms with Gasteiger partial charge in [-0.05, 0) is 6.92 Å². The maximum atomic E-state index is 2.33. The largest absolute Gasteiger partial charge is 0.156 e.